The van der Waals surface area contributed by atoms with Gasteiger partial charge in [0.05, 0.1) is 6.61 Å². The van der Waals surface area contributed by atoms with Gasteiger partial charge in [-0.3, -0.25) is 15.1 Å². The predicted octanol–water partition coefficient (Wildman–Crippen LogP) is 1.36. The maximum absolute atomic E-state index is 11.7. The molecule has 0 unspecified atom stereocenters. The number of hydroxylamine groups is 1. The summed E-state index contributed by atoms with van der Waals surface area (Å²) in [5, 5.41) is 1.51. The average Bonchev–Trinajstić information content (AvgIpc) is 2.31. The second-order valence-electron chi connectivity index (χ2n) is 3.45. The Kier molecular flexibility index (Phi) is 3.32. The number of nitrogens with zero attached hydrogens (tertiary/aromatic N) is 1. The molecule has 0 atom stereocenters. The summed E-state index contributed by atoms with van der Waals surface area (Å²) in [4.78, 5) is 17.0. The van der Waals surface area contributed by atoms with E-state index in [2.05, 4.69) is 5.43 Å². The highest BCUT2D eigenvalue weighted by Crippen LogP contribution is 2.04. The summed E-state index contributed by atoms with van der Waals surface area (Å²) in [6.45, 7) is 1.42. The van der Waals surface area contributed by atoms with Crippen LogP contribution in [0, 0.1) is 0 Å². The molecule has 0 aromatic heterocycles. The molecule has 4 nitrogen and oxygen atoms in total. The zero-order valence-corrected chi connectivity index (χ0v) is 8.48. The number of hydrazine groups is 1. The molecule has 4 heteroatoms. The Labute approximate surface area is 88.8 Å². The molecule has 1 aliphatic heterocycles. The molecule has 0 spiro atoms. The van der Waals surface area contributed by atoms with Gasteiger partial charge in [-0.2, -0.15) is 0 Å². The van der Waals surface area contributed by atoms with Crippen LogP contribution in [-0.2, 0) is 4.84 Å². The molecular formula is C11H14N2O2. The van der Waals surface area contributed by atoms with Crippen molar-refractivity contribution in [2.45, 2.75) is 12.8 Å². The molecule has 0 radical (unpaired) electrons. The lowest BCUT2D eigenvalue weighted by molar-refractivity contribution is -0.205. The van der Waals surface area contributed by atoms with E-state index in [1.807, 2.05) is 18.2 Å². The fraction of sp³-hybridized carbons (Fsp3) is 0.364. The minimum absolute atomic E-state index is 0.127. The van der Waals surface area contributed by atoms with Crippen LogP contribution in [0.4, 0.5) is 0 Å². The molecule has 0 aliphatic carbocycles. The molecule has 1 amide bonds. The van der Waals surface area contributed by atoms with Crippen molar-refractivity contribution in [3.8, 4) is 0 Å². The van der Waals surface area contributed by atoms with E-state index < -0.39 is 0 Å². The summed E-state index contributed by atoms with van der Waals surface area (Å²) in [6, 6.07) is 9.12. The lowest BCUT2D eigenvalue weighted by Crippen LogP contribution is -2.44. The van der Waals surface area contributed by atoms with Gasteiger partial charge >= 0.3 is 0 Å². The van der Waals surface area contributed by atoms with E-state index in [4.69, 9.17) is 4.84 Å². The SMILES string of the molecule is O=C(NN1CCCCO1)c1ccccc1. The normalized spacial score (nSPS) is 17.3. The van der Waals surface area contributed by atoms with Crippen LogP contribution < -0.4 is 5.43 Å². The number of nitrogens with one attached hydrogen (secondary N) is 1. The molecule has 80 valence electrons. The van der Waals surface area contributed by atoms with E-state index in [0.717, 1.165) is 19.4 Å². The summed E-state index contributed by atoms with van der Waals surface area (Å²) in [7, 11) is 0. The van der Waals surface area contributed by atoms with Gasteiger partial charge in [0.15, 0.2) is 0 Å². The molecule has 1 N–H and O–H groups in total. The van der Waals surface area contributed by atoms with Crippen LogP contribution >= 0.6 is 0 Å². The number of amides is 1. The van der Waals surface area contributed by atoms with Crippen molar-refractivity contribution >= 4 is 5.91 Å². The quantitative estimate of drug-likeness (QED) is 0.794. The zero-order valence-electron chi connectivity index (χ0n) is 8.48. The number of hydrogen-bond acceptors (Lipinski definition) is 3. The van der Waals surface area contributed by atoms with Crippen molar-refractivity contribution in [1.29, 1.82) is 0 Å². The van der Waals surface area contributed by atoms with Crippen molar-refractivity contribution in [2.24, 2.45) is 0 Å². The first-order chi connectivity index (χ1) is 7.36. The topological polar surface area (TPSA) is 41.6 Å². The number of carbonyl (C=O) groups is 1. The number of hydrogen-bond donors (Lipinski definition) is 1. The van der Waals surface area contributed by atoms with E-state index in [-0.39, 0.29) is 5.91 Å². The van der Waals surface area contributed by atoms with Crippen LogP contribution in [0.2, 0.25) is 0 Å². The van der Waals surface area contributed by atoms with Crippen LogP contribution in [0.15, 0.2) is 30.3 Å². The standard InChI is InChI=1S/C11H14N2O2/c14-11(10-6-2-1-3-7-10)12-13-8-4-5-9-15-13/h1-3,6-7H,4-5,8-9H2,(H,12,14). The first kappa shape index (κ1) is 10.1. The number of benzene rings is 1. The highest BCUT2D eigenvalue weighted by Gasteiger charge is 2.14. The summed E-state index contributed by atoms with van der Waals surface area (Å²) in [6.07, 6.45) is 2.10. The Morgan fingerprint density at radius 1 is 1.27 bits per heavy atom. The third-order valence-corrected chi connectivity index (χ3v) is 2.26. The van der Waals surface area contributed by atoms with Gasteiger partial charge in [-0.15, -0.1) is 0 Å². The molecule has 2 rings (SSSR count). The van der Waals surface area contributed by atoms with Crippen molar-refractivity contribution in [2.75, 3.05) is 13.2 Å². The fourth-order valence-electron chi connectivity index (χ4n) is 1.45. The monoisotopic (exact) mass is 206 g/mol. The van der Waals surface area contributed by atoms with Crippen molar-refractivity contribution < 1.29 is 9.63 Å². The van der Waals surface area contributed by atoms with Crippen LogP contribution in [0.3, 0.4) is 0 Å². The molecule has 1 heterocycles. The Bertz CT molecular complexity index is 321. The fourth-order valence-corrected chi connectivity index (χ4v) is 1.45. The first-order valence-corrected chi connectivity index (χ1v) is 5.13. The number of rotatable bonds is 2. The maximum Gasteiger partial charge on any atom is 0.267 e. The van der Waals surface area contributed by atoms with Gasteiger partial charge in [0, 0.05) is 12.1 Å². The van der Waals surface area contributed by atoms with Gasteiger partial charge in [0.25, 0.3) is 5.91 Å². The Hall–Kier alpha value is -1.39. The molecule has 1 fully saturated rings. The van der Waals surface area contributed by atoms with E-state index in [0.29, 0.717) is 12.2 Å². The van der Waals surface area contributed by atoms with Crippen LogP contribution in [0.5, 0.6) is 0 Å². The van der Waals surface area contributed by atoms with Crippen molar-refractivity contribution in [1.82, 2.24) is 10.6 Å². The van der Waals surface area contributed by atoms with Crippen LogP contribution in [0.1, 0.15) is 23.2 Å². The van der Waals surface area contributed by atoms with Crippen LogP contribution in [-0.4, -0.2) is 24.2 Å². The van der Waals surface area contributed by atoms with E-state index >= 15 is 0 Å². The lowest BCUT2D eigenvalue weighted by atomic mass is 10.2. The summed E-state index contributed by atoms with van der Waals surface area (Å²) in [5.74, 6) is -0.127. The van der Waals surface area contributed by atoms with Gasteiger partial charge in [-0.1, -0.05) is 23.4 Å². The Morgan fingerprint density at radius 3 is 2.73 bits per heavy atom. The third kappa shape index (κ3) is 2.78. The molecule has 15 heavy (non-hydrogen) atoms. The van der Waals surface area contributed by atoms with Gasteiger partial charge < -0.3 is 0 Å². The highest BCUT2D eigenvalue weighted by atomic mass is 16.7. The van der Waals surface area contributed by atoms with Crippen molar-refractivity contribution in [3.05, 3.63) is 35.9 Å². The van der Waals surface area contributed by atoms with Gasteiger partial charge in [-0.25, -0.2) is 0 Å². The molecule has 0 bridgehead atoms. The van der Waals surface area contributed by atoms with E-state index in [9.17, 15) is 4.79 Å². The zero-order chi connectivity index (χ0) is 10.5. The first-order valence-electron chi connectivity index (χ1n) is 5.13. The highest BCUT2D eigenvalue weighted by molar-refractivity contribution is 5.93. The molecule has 1 saturated heterocycles. The van der Waals surface area contributed by atoms with Gasteiger partial charge in [-0.05, 0) is 25.0 Å². The molecule has 1 aliphatic rings. The average molecular weight is 206 g/mol. The minimum Gasteiger partial charge on any atom is -0.279 e. The second-order valence-corrected chi connectivity index (χ2v) is 3.45. The molecule has 1 aromatic carbocycles. The minimum atomic E-state index is -0.127. The number of carbonyl (C=O) groups excluding carboxylic acids is 1. The Morgan fingerprint density at radius 2 is 2.07 bits per heavy atom. The second kappa shape index (κ2) is 4.91. The predicted molar refractivity (Wildman–Crippen MR) is 55.8 cm³/mol. The Balaban J connectivity index is 1.91. The molecule has 1 aromatic rings. The van der Waals surface area contributed by atoms with E-state index in [1.54, 1.807) is 12.1 Å². The molecular weight excluding hydrogens is 192 g/mol. The third-order valence-electron chi connectivity index (χ3n) is 2.26. The maximum atomic E-state index is 11.7. The van der Waals surface area contributed by atoms with Gasteiger partial charge in [0.2, 0.25) is 0 Å². The summed E-state index contributed by atoms with van der Waals surface area (Å²) < 4.78 is 0. The largest absolute Gasteiger partial charge is 0.279 e. The van der Waals surface area contributed by atoms with Crippen molar-refractivity contribution in [3.63, 3.8) is 0 Å². The summed E-state index contributed by atoms with van der Waals surface area (Å²) >= 11 is 0. The van der Waals surface area contributed by atoms with Gasteiger partial charge in [0.1, 0.15) is 0 Å². The smallest absolute Gasteiger partial charge is 0.267 e. The van der Waals surface area contributed by atoms with Crippen LogP contribution in [0.25, 0.3) is 0 Å². The summed E-state index contributed by atoms with van der Waals surface area (Å²) in [5.41, 5.74) is 3.35. The molecule has 0 saturated carbocycles. The lowest BCUT2D eigenvalue weighted by Gasteiger charge is -2.25. The van der Waals surface area contributed by atoms with E-state index in [1.165, 1.54) is 5.17 Å².